The molecule has 5 heteroatoms. The first kappa shape index (κ1) is 15.4. The summed E-state index contributed by atoms with van der Waals surface area (Å²) >= 11 is 1.33. The number of imidazole rings is 1. The molecule has 1 aliphatic rings. The van der Waals surface area contributed by atoms with Gasteiger partial charge in [0.1, 0.15) is 0 Å². The number of aliphatic carboxylic acids is 1. The van der Waals surface area contributed by atoms with Crippen molar-refractivity contribution in [3.8, 4) is 0 Å². The SMILES string of the molecule is CCCC1CCC(n2c(C)cnc2SCC(=O)O)CC1. The van der Waals surface area contributed by atoms with Gasteiger partial charge in [0.2, 0.25) is 0 Å². The van der Waals surface area contributed by atoms with Crippen LogP contribution in [-0.2, 0) is 4.79 Å². The van der Waals surface area contributed by atoms with E-state index in [2.05, 4.69) is 23.4 Å². The van der Waals surface area contributed by atoms with Crippen LogP contribution in [0.25, 0.3) is 0 Å². The van der Waals surface area contributed by atoms with Crippen molar-refractivity contribution >= 4 is 17.7 Å². The number of nitrogens with zero attached hydrogens (tertiary/aromatic N) is 2. The number of carboxylic acid groups (broad SMARTS) is 1. The monoisotopic (exact) mass is 296 g/mol. The molecule has 0 saturated heterocycles. The van der Waals surface area contributed by atoms with Gasteiger partial charge in [0.05, 0.1) is 5.75 Å². The first-order chi connectivity index (χ1) is 9.61. The average molecular weight is 296 g/mol. The predicted molar refractivity (Wildman–Crippen MR) is 81.2 cm³/mol. The van der Waals surface area contributed by atoms with Gasteiger partial charge >= 0.3 is 5.97 Å². The maximum atomic E-state index is 10.7. The Kier molecular flexibility index (Phi) is 5.52. The van der Waals surface area contributed by atoms with E-state index >= 15 is 0 Å². The van der Waals surface area contributed by atoms with Crippen molar-refractivity contribution in [2.45, 2.75) is 63.6 Å². The Balaban J connectivity index is 2.01. The minimum atomic E-state index is -0.783. The molecule has 112 valence electrons. The summed E-state index contributed by atoms with van der Waals surface area (Å²) in [6.07, 6.45) is 9.46. The Morgan fingerprint density at radius 2 is 2.15 bits per heavy atom. The average Bonchev–Trinajstić information content (AvgIpc) is 2.79. The summed E-state index contributed by atoms with van der Waals surface area (Å²) in [4.78, 5) is 15.1. The van der Waals surface area contributed by atoms with E-state index in [9.17, 15) is 4.79 Å². The van der Waals surface area contributed by atoms with E-state index in [0.29, 0.717) is 6.04 Å². The second-order valence-corrected chi connectivity index (χ2v) is 6.64. The van der Waals surface area contributed by atoms with Gasteiger partial charge in [-0.15, -0.1) is 0 Å². The van der Waals surface area contributed by atoms with Crippen molar-refractivity contribution in [3.63, 3.8) is 0 Å². The summed E-state index contributed by atoms with van der Waals surface area (Å²) in [5, 5.41) is 9.68. The second kappa shape index (κ2) is 7.16. The molecule has 20 heavy (non-hydrogen) atoms. The topological polar surface area (TPSA) is 55.1 Å². The second-order valence-electron chi connectivity index (χ2n) is 5.70. The minimum absolute atomic E-state index is 0.0850. The van der Waals surface area contributed by atoms with Crippen LogP contribution in [0.15, 0.2) is 11.4 Å². The van der Waals surface area contributed by atoms with Crippen molar-refractivity contribution in [2.24, 2.45) is 5.92 Å². The van der Waals surface area contributed by atoms with Gasteiger partial charge in [-0.05, 0) is 38.5 Å². The molecule has 0 bridgehead atoms. The Labute approximate surface area is 125 Å². The minimum Gasteiger partial charge on any atom is -0.481 e. The van der Waals surface area contributed by atoms with Crippen molar-refractivity contribution in [1.29, 1.82) is 0 Å². The van der Waals surface area contributed by atoms with Gasteiger partial charge < -0.3 is 9.67 Å². The highest BCUT2D eigenvalue weighted by Gasteiger charge is 2.24. The highest BCUT2D eigenvalue weighted by Crippen LogP contribution is 2.37. The van der Waals surface area contributed by atoms with Crippen LogP contribution in [0.3, 0.4) is 0 Å². The zero-order valence-corrected chi connectivity index (χ0v) is 13.2. The lowest BCUT2D eigenvalue weighted by Crippen LogP contribution is -2.20. The third-order valence-electron chi connectivity index (χ3n) is 4.15. The normalized spacial score (nSPS) is 22.9. The number of aryl methyl sites for hydroxylation is 1. The maximum absolute atomic E-state index is 10.7. The lowest BCUT2D eigenvalue weighted by molar-refractivity contribution is -0.133. The zero-order valence-electron chi connectivity index (χ0n) is 12.3. The molecule has 0 aromatic carbocycles. The van der Waals surface area contributed by atoms with Crippen LogP contribution in [0.2, 0.25) is 0 Å². The number of hydrogen-bond acceptors (Lipinski definition) is 3. The standard InChI is InChI=1S/C15H24N2O2S/c1-3-4-12-5-7-13(8-6-12)17-11(2)9-16-15(17)20-10-14(18)19/h9,12-13H,3-8,10H2,1-2H3,(H,18,19). The molecule has 0 spiro atoms. The Morgan fingerprint density at radius 3 is 2.75 bits per heavy atom. The third-order valence-corrected chi connectivity index (χ3v) is 5.10. The summed E-state index contributed by atoms with van der Waals surface area (Å²) in [5.74, 6) is 0.186. The van der Waals surface area contributed by atoms with Crippen LogP contribution >= 0.6 is 11.8 Å². The zero-order chi connectivity index (χ0) is 14.5. The lowest BCUT2D eigenvalue weighted by atomic mass is 9.83. The van der Waals surface area contributed by atoms with Crippen molar-refractivity contribution in [3.05, 3.63) is 11.9 Å². The Morgan fingerprint density at radius 1 is 1.45 bits per heavy atom. The smallest absolute Gasteiger partial charge is 0.313 e. The van der Waals surface area contributed by atoms with E-state index in [4.69, 9.17) is 5.11 Å². The summed E-state index contributed by atoms with van der Waals surface area (Å²) in [7, 11) is 0. The van der Waals surface area contributed by atoms with E-state index in [1.165, 1.54) is 50.3 Å². The highest BCUT2D eigenvalue weighted by molar-refractivity contribution is 7.99. The number of hydrogen-bond donors (Lipinski definition) is 1. The number of carboxylic acids is 1. The number of rotatable bonds is 6. The van der Waals surface area contributed by atoms with Crippen LogP contribution in [0.1, 0.15) is 57.2 Å². The maximum Gasteiger partial charge on any atom is 0.313 e. The summed E-state index contributed by atoms with van der Waals surface area (Å²) in [6.45, 7) is 4.32. The molecule has 0 unspecified atom stereocenters. The van der Waals surface area contributed by atoms with E-state index in [0.717, 1.165) is 16.8 Å². The molecule has 0 amide bonds. The number of thioether (sulfide) groups is 1. The fraction of sp³-hybridized carbons (Fsp3) is 0.733. The quantitative estimate of drug-likeness (QED) is 0.809. The highest BCUT2D eigenvalue weighted by atomic mass is 32.2. The molecule has 0 atom stereocenters. The Bertz CT molecular complexity index is 451. The van der Waals surface area contributed by atoms with Crippen LogP contribution < -0.4 is 0 Å². The molecule has 0 aliphatic heterocycles. The molecule has 2 rings (SSSR count). The largest absolute Gasteiger partial charge is 0.481 e. The van der Waals surface area contributed by atoms with Gasteiger partial charge in [-0.1, -0.05) is 31.5 Å². The van der Waals surface area contributed by atoms with E-state index in [1.54, 1.807) is 0 Å². The van der Waals surface area contributed by atoms with E-state index in [-0.39, 0.29) is 5.75 Å². The Hall–Kier alpha value is -0.970. The molecule has 1 saturated carbocycles. The van der Waals surface area contributed by atoms with Gasteiger partial charge in [0.15, 0.2) is 5.16 Å². The molecule has 1 aromatic heterocycles. The molecule has 4 nitrogen and oxygen atoms in total. The van der Waals surface area contributed by atoms with Crippen molar-refractivity contribution in [2.75, 3.05) is 5.75 Å². The molecule has 1 aromatic rings. The van der Waals surface area contributed by atoms with E-state index in [1.807, 2.05) is 6.20 Å². The molecule has 1 N–H and O–H groups in total. The van der Waals surface area contributed by atoms with Crippen molar-refractivity contribution < 1.29 is 9.90 Å². The molecule has 1 aliphatic carbocycles. The van der Waals surface area contributed by atoms with Gasteiger partial charge in [0, 0.05) is 17.9 Å². The number of carbonyl (C=O) groups is 1. The van der Waals surface area contributed by atoms with Gasteiger partial charge in [-0.25, -0.2) is 4.98 Å². The van der Waals surface area contributed by atoms with Gasteiger partial charge in [-0.3, -0.25) is 4.79 Å². The fourth-order valence-electron chi connectivity index (χ4n) is 3.20. The lowest BCUT2D eigenvalue weighted by Gasteiger charge is -2.30. The molecular formula is C15H24N2O2S. The van der Waals surface area contributed by atoms with Crippen LogP contribution in [0.4, 0.5) is 0 Å². The van der Waals surface area contributed by atoms with Crippen molar-refractivity contribution in [1.82, 2.24) is 9.55 Å². The number of aromatic nitrogens is 2. The van der Waals surface area contributed by atoms with Gasteiger partial charge in [-0.2, -0.15) is 0 Å². The van der Waals surface area contributed by atoms with Gasteiger partial charge in [0.25, 0.3) is 0 Å². The summed E-state index contributed by atoms with van der Waals surface area (Å²) < 4.78 is 2.26. The molecule has 1 heterocycles. The van der Waals surface area contributed by atoms with Crippen LogP contribution in [-0.4, -0.2) is 26.4 Å². The predicted octanol–water partition coefficient (Wildman–Crippen LogP) is 3.90. The van der Waals surface area contributed by atoms with Crippen LogP contribution in [0, 0.1) is 12.8 Å². The summed E-state index contributed by atoms with van der Waals surface area (Å²) in [5.41, 5.74) is 1.15. The summed E-state index contributed by atoms with van der Waals surface area (Å²) in [6, 6.07) is 0.502. The van der Waals surface area contributed by atoms with E-state index < -0.39 is 5.97 Å². The first-order valence-electron chi connectivity index (χ1n) is 7.50. The molecule has 1 fully saturated rings. The fourth-order valence-corrected chi connectivity index (χ4v) is 4.01. The molecular weight excluding hydrogens is 272 g/mol. The molecule has 0 radical (unpaired) electrons. The first-order valence-corrected chi connectivity index (χ1v) is 8.48. The third kappa shape index (κ3) is 3.78. The van der Waals surface area contributed by atoms with Crippen LogP contribution in [0.5, 0.6) is 0 Å².